The molecule has 5 heteroatoms. The maximum absolute atomic E-state index is 13.6. The molecule has 0 aliphatic heterocycles. The molecule has 20 heavy (non-hydrogen) atoms. The Labute approximate surface area is 121 Å². The van der Waals surface area contributed by atoms with Gasteiger partial charge in [-0.3, -0.25) is 4.21 Å². The van der Waals surface area contributed by atoms with Crippen molar-refractivity contribution >= 4 is 10.8 Å². The van der Waals surface area contributed by atoms with Crippen molar-refractivity contribution in [3.8, 4) is 0 Å². The van der Waals surface area contributed by atoms with E-state index < -0.39 is 22.4 Å². The molecule has 0 aromatic heterocycles. The van der Waals surface area contributed by atoms with E-state index in [0.29, 0.717) is 11.7 Å². The van der Waals surface area contributed by atoms with Crippen LogP contribution in [0.2, 0.25) is 0 Å². The SMILES string of the molecule is CNC(CS(=O)c1cc(F)ccc1F)C1CCCCC1. The van der Waals surface area contributed by atoms with Crippen LogP contribution in [0.5, 0.6) is 0 Å². The summed E-state index contributed by atoms with van der Waals surface area (Å²) in [5.74, 6) is -0.326. The Morgan fingerprint density at radius 3 is 2.65 bits per heavy atom. The van der Waals surface area contributed by atoms with E-state index in [0.717, 1.165) is 31.0 Å². The molecule has 1 aromatic carbocycles. The molecule has 0 bridgehead atoms. The molecule has 1 aromatic rings. The number of halogens is 2. The lowest BCUT2D eigenvalue weighted by Crippen LogP contribution is -2.39. The van der Waals surface area contributed by atoms with Gasteiger partial charge in [-0.15, -0.1) is 0 Å². The number of rotatable bonds is 5. The van der Waals surface area contributed by atoms with E-state index >= 15 is 0 Å². The average Bonchev–Trinajstić information content (AvgIpc) is 2.48. The van der Waals surface area contributed by atoms with Crippen molar-refractivity contribution < 1.29 is 13.0 Å². The Balaban J connectivity index is 2.06. The highest BCUT2D eigenvalue weighted by Crippen LogP contribution is 2.27. The molecule has 2 atom stereocenters. The Bertz CT molecular complexity index is 475. The zero-order valence-electron chi connectivity index (χ0n) is 11.7. The van der Waals surface area contributed by atoms with Gasteiger partial charge < -0.3 is 5.32 Å². The van der Waals surface area contributed by atoms with Crippen LogP contribution in [-0.4, -0.2) is 23.1 Å². The largest absolute Gasteiger partial charge is 0.316 e. The van der Waals surface area contributed by atoms with Crippen LogP contribution < -0.4 is 5.32 Å². The van der Waals surface area contributed by atoms with Gasteiger partial charge in [0.05, 0.1) is 15.7 Å². The summed E-state index contributed by atoms with van der Waals surface area (Å²) in [5.41, 5.74) is 0. The smallest absolute Gasteiger partial charge is 0.139 e. The molecular formula is C15H21F2NOS. The maximum Gasteiger partial charge on any atom is 0.139 e. The highest BCUT2D eigenvalue weighted by molar-refractivity contribution is 7.85. The molecule has 0 radical (unpaired) electrons. The molecule has 1 aliphatic rings. The van der Waals surface area contributed by atoms with Crippen LogP contribution in [0, 0.1) is 17.6 Å². The predicted octanol–water partition coefficient (Wildman–Crippen LogP) is 3.24. The highest BCUT2D eigenvalue weighted by Gasteiger charge is 2.25. The summed E-state index contributed by atoms with van der Waals surface area (Å²) in [5, 5.41) is 3.20. The topological polar surface area (TPSA) is 29.1 Å². The summed E-state index contributed by atoms with van der Waals surface area (Å²) in [7, 11) is 0.331. The van der Waals surface area contributed by atoms with Gasteiger partial charge in [0.25, 0.3) is 0 Å². The Hall–Kier alpha value is -0.810. The third-order valence-corrected chi connectivity index (χ3v) is 5.52. The van der Waals surface area contributed by atoms with Crippen LogP contribution in [0.4, 0.5) is 8.78 Å². The first-order chi connectivity index (χ1) is 9.61. The molecule has 0 spiro atoms. The molecule has 2 nitrogen and oxygen atoms in total. The normalized spacial score (nSPS) is 19.8. The molecule has 0 saturated heterocycles. The van der Waals surface area contributed by atoms with Crippen molar-refractivity contribution in [3.63, 3.8) is 0 Å². The van der Waals surface area contributed by atoms with Gasteiger partial charge in [0.15, 0.2) is 0 Å². The van der Waals surface area contributed by atoms with Crippen molar-refractivity contribution in [1.29, 1.82) is 0 Å². The third-order valence-electron chi connectivity index (χ3n) is 4.06. The second kappa shape index (κ2) is 7.27. The fourth-order valence-electron chi connectivity index (χ4n) is 2.90. The van der Waals surface area contributed by atoms with Gasteiger partial charge in [-0.2, -0.15) is 0 Å². The van der Waals surface area contributed by atoms with Gasteiger partial charge in [0.1, 0.15) is 11.6 Å². The Morgan fingerprint density at radius 1 is 1.30 bits per heavy atom. The lowest BCUT2D eigenvalue weighted by atomic mass is 9.84. The van der Waals surface area contributed by atoms with Gasteiger partial charge in [0, 0.05) is 11.8 Å². The van der Waals surface area contributed by atoms with E-state index in [4.69, 9.17) is 0 Å². The summed E-state index contributed by atoms with van der Waals surface area (Å²) in [4.78, 5) is -0.0268. The minimum Gasteiger partial charge on any atom is -0.316 e. The minimum atomic E-state index is -1.51. The Kier molecular flexibility index (Phi) is 5.66. The highest BCUT2D eigenvalue weighted by atomic mass is 32.2. The fraction of sp³-hybridized carbons (Fsp3) is 0.600. The van der Waals surface area contributed by atoms with E-state index in [1.165, 1.54) is 19.3 Å². The van der Waals surface area contributed by atoms with Crippen LogP contribution >= 0.6 is 0 Å². The van der Waals surface area contributed by atoms with E-state index in [1.807, 2.05) is 7.05 Å². The summed E-state index contributed by atoms with van der Waals surface area (Å²) >= 11 is 0. The van der Waals surface area contributed by atoms with E-state index in [2.05, 4.69) is 5.32 Å². The van der Waals surface area contributed by atoms with Crippen molar-refractivity contribution in [2.75, 3.05) is 12.8 Å². The van der Waals surface area contributed by atoms with Crippen molar-refractivity contribution in [3.05, 3.63) is 29.8 Å². The van der Waals surface area contributed by atoms with Crippen LogP contribution in [0.15, 0.2) is 23.1 Å². The van der Waals surface area contributed by atoms with Crippen LogP contribution in [-0.2, 0) is 10.8 Å². The molecule has 0 heterocycles. The summed E-state index contributed by atoms with van der Waals surface area (Å²) in [6.45, 7) is 0. The summed E-state index contributed by atoms with van der Waals surface area (Å²) in [6, 6.07) is 3.22. The molecule has 112 valence electrons. The summed E-state index contributed by atoms with van der Waals surface area (Å²) in [6.07, 6.45) is 5.89. The predicted molar refractivity (Wildman–Crippen MR) is 77.1 cm³/mol. The van der Waals surface area contributed by atoms with Crippen LogP contribution in [0.25, 0.3) is 0 Å². The summed E-state index contributed by atoms with van der Waals surface area (Å²) < 4.78 is 39.1. The van der Waals surface area contributed by atoms with Crippen molar-refractivity contribution in [1.82, 2.24) is 5.32 Å². The molecule has 1 saturated carbocycles. The van der Waals surface area contributed by atoms with Gasteiger partial charge in [0.2, 0.25) is 0 Å². The van der Waals surface area contributed by atoms with E-state index in [-0.39, 0.29) is 10.9 Å². The molecule has 1 fully saturated rings. The minimum absolute atomic E-state index is 0.0268. The van der Waals surface area contributed by atoms with Gasteiger partial charge in [-0.05, 0) is 44.0 Å². The number of hydrogen-bond acceptors (Lipinski definition) is 2. The second-order valence-electron chi connectivity index (χ2n) is 5.38. The van der Waals surface area contributed by atoms with Crippen molar-refractivity contribution in [2.45, 2.75) is 43.0 Å². The molecule has 0 amide bonds. The van der Waals surface area contributed by atoms with Gasteiger partial charge in [-0.25, -0.2) is 8.78 Å². The van der Waals surface area contributed by atoms with Crippen LogP contribution in [0.3, 0.4) is 0 Å². The lowest BCUT2D eigenvalue weighted by Gasteiger charge is -2.29. The van der Waals surface area contributed by atoms with E-state index in [9.17, 15) is 13.0 Å². The quantitative estimate of drug-likeness (QED) is 0.904. The maximum atomic E-state index is 13.6. The van der Waals surface area contributed by atoms with Gasteiger partial charge in [-0.1, -0.05) is 19.3 Å². The zero-order valence-corrected chi connectivity index (χ0v) is 12.5. The van der Waals surface area contributed by atoms with Crippen LogP contribution in [0.1, 0.15) is 32.1 Å². The first-order valence-corrected chi connectivity index (χ1v) is 8.44. The molecule has 1 aliphatic carbocycles. The molecule has 2 unspecified atom stereocenters. The Morgan fingerprint density at radius 2 is 2.00 bits per heavy atom. The first kappa shape index (κ1) is 15.6. The fourth-order valence-corrected chi connectivity index (χ4v) is 4.37. The van der Waals surface area contributed by atoms with Crippen molar-refractivity contribution in [2.24, 2.45) is 5.92 Å². The van der Waals surface area contributed by atoms with Gasteiger partial charge >= 0.3 is 0 Å². The average molecular weight is 301 g/mol. The monoisotopic (exact) mass is 301 g/mol. The molecular weight excluding hydrogens is 280 g/mol. The zero-order chi connectivity index (χ0) is 14.5. The molecule has 2 rings (SSSR count). The third kappa shape index (κ3) is 3.85. The standard InChI is InChI=1S/C15H21F2NOS/c1-18-14(11-5-3-2-4-6-11)10-20(19)15-9-12(16)7-8-13(15)17/h7-9,11,14,18H,2-6,10H2,1H3. The lowest BCUT2D eigenvalue weighted by molar-refractivity contribution is 0.293. The second-order valence-corrected chi connectivity index (χ2v) is 6.84. The first-order valence-electron chi connectivity index (χ1n) is 7.12. The van der Waals surface area contributed by atoms with E-state index in [1.54, 1.807) is 0 Å². The number of benzene rings is 1. The number of hydrogen-bond donors (Lipinski definition) is 1. The number of nitrogens with one attached hydrogen (secondary N) is 1. The molecule has 1 N–H and O–H groups in total.